The lowest BCUT2D eigenvalue weighted by Gasteiger charge is -2.17. The zero-order valence-corrected chi connectivity index (χ0v) is 18.3. The van der Waals surface area contributed by atoms with Crippen molar-refractivity contribution in [3.63, 3.8) is 0 Å². The average Bonchev–Trinajstić information content (AvgIpc) is 3.37. The SMILES string of the molecule is CCOC(=O)c1c(CSc2ccc(C)cc2)[nH]c2ccc(O)c(CN3CCCC3)c12. The van der Waals surface area contributed by atoms with E-state index < -0.39 is 0 Å². The first kappa shape index (κ1) is 20.8. The zero-order chi connectivity index (χ0) is 21.1. The third-order valence-electron chi connectivity index (χ3n) is 5.59. The van der Waals surface area contributed by atoms with Crippen LogP contribution in [0.5, 0.6) is 5.75 Å². The number of aromatic hydroxyl groups is 1. The van der Waals surface area contributed by atoms with E-state index in [2.05, 4.69) is 41.1 Å². The smallest absolute Gasteiger partial charge is 0.340 e. The number of carbonyl (C=O) groups excluding carboxylic acids is 1. The van der Waals surface area contributed by atoms with E-state index in [1.807, 2.05) is 13.0 Å². The zero-order valence-electron chi connectivity index (χ0n) is 17.5. The van der Waals surface area contributed by atoms with Crippen molar-refractivity contribution in [2.45, 2.75) is 43.9 Å². The summed E-state index contributed by atoms with van der Waals surface area (Å²) >= 11 is 1.68. The average molecular weight is 425 g/mol. The molecule has 2 N–H and O–H groups in total. The van der Waals surface area contributed by atoms with E-state index in [4.69, 9.17) is 4.74 Å². The van der Waals surface area contributed by atoms with Gasteiger partial charge in [-0.1, -0.05) is 17.7 Å². The molecule has 0 saturated carbocycles. The number of carbonyl (C=O) groups is 1. The summed E-state index contributed by atoms with van der Waals surface area (Å²) in [6, 6.07) is 11.9. The Labute approximate surface area is 181 Å². The van der Waals surface area contributed by atoms with E-state index in [1.54, 1.807) is 17.8 Å². The fraction of sp³-hybridized carbons (Fsp3) is 0.375. The topological polar surface area (TPSA) is 65.6 Å². The summed E-state index contributed by atoms with van der Waals surface area (Å²) in [5.41, 5.74) is 4.28. The molecule has 30 heavy (non-hydrogen) atoms. The standard InChI is InChI=1S/C24H28N2O3S/c1-3-29-24(28)23-20(15-30-17-8-6-16(2)7-9-17)25-19-10-11-21(27)18(22(19)23)14-26-12-4-5-13-26/h6-11,25,27H,3-5,12-15H2,1-2H3. The summed E-state index contributed by atoms with van der Waals surface area (Å²) in [7, 11) is 0. The molecule has 1 aromatic heterocycles. The molecule has 0 atom stereocenters. The predicted octanol–water partition coefficient (Wildman–Crippen LogP) is 5.25. The molecule has 4 rings (SSSR count). The minimum Gasteiger partial charge on any atom is -0.508 e. The van der Waals surface area contributed by atoms with Crippen LogP contribution in [-0.2, 0) is 17.0 Å². The second-order valence-corrected chi connectivity index (χ2v) is 8.82. The molecular formula is C24H28N2O3S. The minimum atomic E-state index is -0.337. The third-order valence-corrected chi connectivity index (χ3v) is 6.63. The van der Waals surface area contributed by atoms with Crippen LogP contribution in [-0.4, -0.2) is 40.7 Å². The summed E-state index contributed by atoms with van der Waals surface area (Å²) in [4.78, 5) is 19.9. The first-order chi connectivity index (χ1) is 14.6. The van der Waals surface area contributed by atoms with Gasteiger partial charge in [-0.05, 0) is 64.0 Å². The Morgan fingerprint density at radius 3 is 2.60 bits per heavy atom. The molecule has 5 nitrogen and oxygen atoms in total. The Morgan fingerprint density at radius 1 is 1.17 bits per heavy atom. The lowest BCUT2D eigenvalue weighted by molar-refractivity contribution is 0.0527. The van der Waals surface area contributed by atoms with Gasteiger partial charge in [0, 0.05) is 39.4 Å². The number of hydrogen-bond donors (Lipinski definition) is 2. The maximum Gasteiger partial charge on any atom is 0.340 e. The Hall–Kier alpha value is -2.44. The van der Waals surface area contributed by atoms with E-state index in [1.165, 1.54) is 18.4 Å². The molecule has 0 unspecified atom stereocenters. The number of phenols is 1. The maximum atomic E-state index is 13.0. The molecule has 0 aliphatic carbocycles. The predicted molar refractivity (Wildman–Crippen MR) is 121 cm³/mol. The molecule has 1 saturated heterocycles. The number of aromatic nitrogens is 1. The quantitative estimate of drug-likeness (QED) is 0.401. The fourth-order valence-corrected chi connectivity index (χ4v) is 4.91. The number of ether oxygens (including phenoxy) is 1. The first-order valence-electron chi connectivity index (χ1n) is 10.5. The molecule has 1 aliphatic rings. The van der Waals surface area contributed by atoms with E-state index in [0.717, 1.165) is 40.1 Å². The van der Waals surface area contributed by atoms with Crippen LogP contribution in [0.15, 0.2) is 41.3 Å². The largest absolute Gasteiger partial charge is 0.508 e. The number of thioether (sulfide) groups is 1. The normalized spacial score (nSPS) is 14.5. The van der Waals surface area contributed by atoms with Gasteiger partial charge >= 0.3 is 5.97 Å². The van der Waals surface area contributed by atoms with E-state index in [9.17, 15) is 9.90 Å². The number of hydrogen-bond acceptors (Lipinski definition) is 5. The molecule has 0 amide bonds. The molecule has 1 aliphatic heterocycles. The molecule has 2 aromatic carbocycles. The molecule has 1 fully saturated rings. The number of benzene rings is 2. The summed E-state index contributed by atoms with van der Waals surface area (Å²) in [5.74, 6) is 0.517. The van der Waals surface area contributed by atoms with Crippen LogP contribution in [0.3, 0.4) is 0 Å². The van der Waals surface area contributed by atoms with Crippen molar-refractivity contribution < 1.29 is 14.6 Å². The Balaban J connectivity index is 1.74. The highest BCUT2D eigenvalue weighted by Gasteiger charge is 2.25. The van der Waals surface area contributed by atoms with Crippen molar-refractivity contribution in [1.29, 1.82) is 0 Å². The third kappa shape index (κ3) is 4.35. The van der Waals surface area contributed by atoms with E-state index in [0.29, 0.717) is 24.5 Å². The van der Waals surface area contributed by atoms with Gasteiger partial charge in [-0.15, -0.1) is 11.8 Å². The fourth-order valence-electron chi connectivity index (χ4n) is 4.05. The molecule has 3 aromatic rings. The second kappa shape index (κ2) is 9.14. The van der Waals surface area contributed by atoms with Crippen LogP contribution in [0.1, 0.15) is 46.9 Å². The van der Waals surface area contributed by atoms with Crippen molar-refractivity contribution in [3.05, 3.63) is 58.8 Å². The highest BCUT2D eigenvalue weighted by Crippen LogP contribution is 2.36. The monoisotopic (exact) mass is 424 g/mol. The van der Waals surface area contributed by atoms with Gasteiger partial charge in [0.15, 0.2) is 0 Å². The van der Waals surface area contributed by atoms with Crippen molar-refractivity contribution in [1.82, 2.24) is 9.88 Å². The van der Waals surface area contributed by atoms with Crippen LogP contribution in [0.4, 0.5) is 0 Å². The highest BCUT2D eigenvalue weighted by atomic mass is 32.2. The molecule has 0 spiro atoms. The molecule has 6 heteroatoms. The molecule has 158 valence electrons. The van der Waals surface area contributed by atoms with Gasteiger partial charge in [-0.2, -0.15) is 0 Å². The van der Waals surface area contributed by atoms with Crippen molar-refractivity contribution in [2.75, 3.05) is 19.7 Å². The minimum absolute atomic E-state index is 0.233. The summed E-state index contributed by atoms with van der Waals surface area (Å²) in [6.45, 7) is 6.88. The van der Waals surface area contributed by atoms with Crippen molar-refractivity contribution in [2.24, 2.45) is 0 Å². The number of aromatic amines is 1. The van der Waals surface area contributed by atoms with Crippen LogP contribution < -0.4 is 0 Å². The van der Waals surface area contributed by atoms with Crippen LogP contribution in [0.25, 0.3) is 10.9 Å². The first-order valence-corrected chi connectivity index (χ1v) is 11.5. The number of fused-ring (bicyclic) bond motifs is 1. The molecule has 0 radical (unpaired) electrons. The Morgan fingerprint density at radius 2 is 1.90 bits per heavy atom. The number of aryl methyl sites for hydroxylation is 1. The number of rotatable bonds is 7. The molecule has 2 heterocycles. The molecular weight excluding hydrogens is 396 g/mol. The number of nitrogens with one attached hydrogen (secondary N) is 1. The van der Waals surface area contributed by atoms with E-state index in [-0.39, 0.29) is 11.7 Å². The van der Waals surface area contributed by atoms with Crippen molar-refractivity contribution >= 4 is 28.6 Å². The van der Waals surface area contributed by atoms with Crippen molar-refractivity contribution in [3.8, 4) is 5.75 Å². The second-order valence-electron chi connectivity index (χ2n) is 7.77. The summed E-state index contributed by atoms with van der Waals surface area (Å²) in [5, 5.41) is 11.4. The number of esters is 1. The van der Waals surface area contributed by atoms with Crippen LogP contribution in [0, 0.1) is 6.92 Å². The number of likely N-dealkylation sites (tertiary alicyclic amines) is 1. The lowest BCUT2D eigenvalue weighted by atomic mass is 10.0. The number of nitrogens with zero attached hydrogens (tertiary/aromatic N) is 1. The lowest BCUT2D eigenvalue weighted by Crippen LogP contribution is -2.19. The Kier molecular flexibility index (Phi) is 6.35. The van der Waals surface area contributed by atoms with Gasteiger partial charge in [0.05, 0.1) is 12.2 Å². The van der Waals surface area contributed by atoms with E-state index >= 15 is 0 Å². The van der Waals surface area contributed by atoms with Gasteiger partial charge in [0.25, 0.3) is 0 Å². The van der Waals surface area contributed by atoms with Gasteiger partial charge < -0.3 is 14.8 Å². The van der Waals surface area contributed by atoms with Crippen LogP contribution in [0.2, 0.25) is 0 Å². The van der Waals surface area contributed by atoms with Gasteiger partial charge in [-0.3, -0.25) is 4.90 Å². The summed E-state index contributed by atoms with van der Waals surface area (Å²) in [6.07, 6.45) is 2.35. The van der Waals surface area contributed by atoms with Gasteiger partial charge in [0.2, 0.25) is 0 Å². The number of H-pyrrole nitrogens is 1. The van der Waals surface area contributed by atoms with Crippen LogP contribution >= 0.6 is 11.8 Å². The maximum absolute atomic E-state index is 13.0. The Bertz CT molecular complexity index is 1040. The highest BCUT2D eigenvalue weighted by molar-refractivity contribution is 7.98. The summed E-state index contributed by atoms with van der Waals surface area (Å²) < 4.78 is 5.40. The number of phenolic OH excluding ortho intramolecular Hbond substituents is 1. The van der Waals surface area contributed by atoms with Gasteiger partial charge in [-0.25, -0.2) is 4.79 Å². The van der Waals surface area contributed by atoms with Gasteiger partial charge in [0.1, 0.15) is 5.75 Å². The molecule has 0 bridgehead atoms.